The molecule has 4 rings (SSSR count). The molecule has 6 heteroatoms. The van der Waals surface area contributed by atoms with Gasteiger partial charge in [-0.2, -0.15) is 0 Å². The average molecular weight is 316 g/mol. The maximum atomic E-state index is 13.0. The SMILES string of the molecule is Cc1cc(=O)n(C)cc1N1C(=O)[C@@H]2[C@H](C1=O)[C@]1(C)CC[C@@]2(C)O1. The van der Waals surface area contributed by atoms with Gasteiger partial charge in [-0.05, 0) is 39.2 Å². The molecule has 4 heterocycles. The van der Waals surface area contributed by atoms with Gasteiger partial charge in [0, 0.05) is 19.3 Å². The number of hydrogen-bond acceptors (Lipinski definition) is 4. The van der Waals surface area contributed by atoms with E-state index in [9.17, 15) is 14.4 Å². The van der Waals surface area contributed by atoms with Crippen LogP contribution < -0.4 is 10.5 Å². The number of aromatic nitrogens is 1. The average Bonchev–Trinajstić information content (AvgIpc) is 3.00. The monoisotopic (exact) mass is 316 g/mol. The molecule has 3 aliphatic rings. The maximum absolute atomic E-state index is 13.0. The maximum Gasteiger partial charge on any atom is 0.250 e. The summed E-state index contributed by atoms with van der Waals surface area (Å²) >= 11 is 0. The van der Waals surface area contributed by atoms with E-state index in [2.05, 4.69) is 0 Å². The molecule has 1 aromatic rings. The summed E-state index contributed by atoms with van der Waals surface area (Å²) in [5, 5.41) is 0. The van der Waals surface area contributed by atoms with Gasteiger partial charge in [0.15, 0.2) is 0 Å². The van der Waals surface area contributed by atoms with Crippen molar-refractivity contribution in [2.75, 3.05) is 4.90 Å². The third kappa shape index (κ3) is 1.64. The Balaban J connectivity index is 1.85. The standard InChI is InChI=1S/C17H20N2O4/c1-9-7-11(20)18(4)8-10(9)19-14(21)12-13(15(19)22)17(3)6-5-16(12,2)23-17/h7-8,12-13H,5-6H2,1-4H3/t12-,13+,16+,17-. The lowest BCUT2D eigenvalue weighted by Gasteiger charge is -2.27. The van der Waals surface area contributed by atoms with Gasteiger partial charge in [0.1, 0.15) is 0 Å². The van der Waals surface area contributed by atoms with Crippen LogP contribution in [0.5, 0.6) is 0 Å². The Bertz CT molecular complexity index is 779. The van der Waals surface area contributed by atoms with Gasteiger partial charge in [-0.15, -0.1) is 0 Å². The number of nitrogens with zero attached hydrogens (tertiary/aromatic N) is 2. The molecule has 2 bridgehead atoms. The third-order valence-electron chi connectivity index (χ3n) is 5.85. The van der Waals surface area contributed by atoms with Crippen LogP contribution in [0.4, 0.5) is 5.69 Å². The van der Waals surface area contributed by atoms with Gasteiger partial charge in [0.25, 0.3) is 5.56 Å². The van der Waals surface area contributed by atoms with Crippen molar-refractivity contribution in [3.05, 3.63) is 28.2 Å². The topological polar surface area (TPSA) is 68.6 Å². The highest BCUT2D eigenvalue weighted by Crippen LogP contribution is 2.60. The highest BCUT2D eigenvalue weighted by atomic mass is 16.5. The highest BCUT2D eigenvalue weighted by molar-refractivity contribution is 6.23. The first-order valence-corrected chi connectivity index (χ1v) is 7.93. The van der Waals surface area contributed by atoms with Crippen molar-refractivity contribution in [2.45, 2.75) is 44.8 Å². The number of imide groups is 1. The van der Waals surface area contributed by atoms with Gasteiger partial charge in [0.05, 0.1) is 28.7 Å². The molecule has 1 aromatic heterocycles. The second kappa shape index (κ2) is 4.12. The summed E-state index contributed by atoms with van der Waals surface area (Å²) < 4.78 is 7.48. The van der Waals surface area contributed by atoms with E-state index in [1.807, 2.05) is 13.8 Å². The van der Waals surface area contributed by atoms with Gasteiger partial charge in [-0.1, -0.05) is 0 Å². The number of fused-ring (bicyclic) bond motifs is 5. The summed E-state index contributed by atoms with van der Waals surface area (Å²) in [5.74, 6) is -1.25. The Morgan fingerprint density at radius 3 is 2.13 bits per heavy atom. The minimum atomic E-state index is -0.560. The molecule has 0 aromatic carbocycles. The van der Waals surface area contributed by atoms with Crippen LogP contribution in [0.3, 0.4) is 0 Å². The Labute approximate surface area is 134 Å². The molecular formula is C17H20N2O4. The van der Waals surface area contributed by atoms with Crippen LogP contribution in [0.25, 0.3) is 0 Å². The molecule has 122 valence electrons. The van der Waals surface area contributed by atoms with Crippen LogP contribution in [0.15, 0.2) is 17.1 Å². The zero-order chi connectivity index (χ0) is 16.7. The normalized spacial score (nSPS) is 38.5. The fourth-order valence-corrected chi connectivity index (χ4v) is 4.65. The van der Waals surface area contributed by atoms with Crippen molar-refractivity contribution in [1.82, 2.24) is 4.57 Å². The van der Waals surface area contributed by atoms with Crippen LogP contribution in [-0.2, 0) is 21.4 Å². The van der Waals surface area contributed by atoms with Crippen molar-refractivity contribution in [1.29, 1.82) is 0 Å². The molecule has 0 N–H and O–H groups in total. The van der Waals surface area contributed by atoms with Crippen molar-refractivity contribution in [3.63, 3.8) is 0 Å². The lowest BCUT2D eigenvalue weighted by Crippen LogP contribution is -2.40. The predicted molar refractivity (Wildman–Crippen MR) is 83.0 cm³/mol. The minimum Gasteiger partial charge on any atom is -0.367 e. The Morgan fingerprint density at radius 2 is 1.61 bits per heavy atom. The largest absolute Gasteiger partial charge is 0.367 e. The lowest BCUT2D eigenvalue weighted by molar-refractivity contribution is -0.129. The van der Waals surface area contributed by atoms with Crippen molar-refractivity contribution < 1.29 is 14.3 Å². The van der Waals surface area contributed by atoms with Gasteiger partial charge in [-0.25, -0.2) is 4.90 Å². The number of ether oxygens (including phenoxy) is 1. The van der Waals surface area contributed by atoms with Gasteiger partial charge >= 0.3 is 0 Å². The second-order valence-corrected chi connectivity index (χ2v) is 7.49. The zero-order valence-corrected chi connectivity index (χ0v) is 13.8. The molecule has 4 atom stereocenters. The number of carbonyl (C=O) groups excluding carboxylic acids is 2. The Morgan fingerprint density at radius 1 is 1.09 bits per heavy atom. The summed E-state index contributed by atoms with van der Waals surface area (Å²) in [6.07, 6.45) is 3.16. The molecule has 0 saturated carbocycles. The van der Waals surface area contributed by atoms with Gasteiger partial charge in [-0.3, -0.25) is 14.4 Å². The second-order valence-electron chi connectivity index (χ2n) is 7.49. The number of anilines is 1. The number of carbonyl (C=O) groups is 2. The smallest absolute Gasteiger partial charge is 0.250 e. The van der Waals surface area contributed by atoms with Crippen LogP contribution in [-0.4, -0.2) is 27.6 Å². The van der Waals surface area contributed by atoms with Crippen molar-refractivity contribution >= 4 is 17.5 Å². The van der Waals surface area contributed by atoms with Crippen molar-refractivity contribution in [3.8, 4) is 0 Å². The Hall–Kier alpha value is -1.95. The summed E-state index contributed by atoms with van der Waals surface area (Å²) in [5.41, 5.74) is -0.139. The molecule has 0 unspecified atom stereocenters. The molecule has 0 aliphatic carbocycles. The van der Waals surface area contributed by atoms with Gasteiger partial charge < -0.3 is 9.30 Å². The number of hydrogen-bond donors (Lipinski definition) is 0. The van der Waals surface area contributed by atoms with E-state index in [1.165, 1.54) is 15.5 Å². The molecule has 23 heavy (non-hydrogen) atoms. The van der Waals surface area contributed by atoms with E-state index in [4.69, 9.17) is 4.74 Å². The number of pyridine rings is 1. The first-order valence-electron chi connectivity index (χ1n) is 7.93. The fraction of sp³-hybridized carbons (Fsp3) is 0.588. The minimum absolute atomic E-state index is 0.159. The van der Waals surface area contributed by atoms with E-state index >= 15 is 0 Å². The quantitative estimate of drug-likeness (QED) is 0.729. The molecule has 0 spiro atoms. The van der Waals surface area contributed by atoms with Crippen LogP contribution in [0, 0.1) is 18.8 Å². The van der Waals surface area contributed by atoms with E-state index < -0.39 is 23.0 Å². The molecule has 3 fully saturated rings. The first kappa shape index (κ1) is 14.6. The Kier molecular flexibility index (Phi) is 2.62. The fourth-order valence-electron chi connectivity index (χ4n) is 4.65. The molecule has 3 aliphatic heterocycles. The van der Waals surface area contributed by atoms with Gasteiger partial charge in [0.2, 0.25) is 11.8 Å². The van der Waals surface area contributed by atoms with Crippen LogP contribution >= 0.6 is 0 Å². The number of amides is 2. The molecular weight excluding hydrogens is 296 g/mol. The van der Waals surface area contributed by atoms with E-state index in [-0.39, 0.29) is 17.4 Å². The third-order valence-corrected chi connectivity index (χ3v) is 5.85. The molecule has 3 saturated heterocycles. The molecule has 6 nitrogen and oxygen atoms in total. The van der Waals surface area contributed by atoms with Crippen LogP contribution in [0.2, 0.25) is 0 Å². The first-order chi connectivity index (χ1) is 10.7. The summed E-state index contributed by atoms with van der Waals surface area (Å²) in [4.78, 5) is 39.1. The van der Waals surface area contributed by atoms with E-state index in [0.717, 1.165) is 12.8 Å². The summed E-state index contributed by atoms with van der Waals surface area (Å²) in [7, 11) is 1.62. The molecule has 0 radical (unpaired) electrons. The van der Waals surface area contributed by atoms with E-state index in [0.29, 0.717) is 11.3 Å². The zero-order valence-electron chi connectivity index (χ0n) is 13.8. The summed E-state index contributed by atoms with van der Waals surface area (Å²) in [6.45, 7) is 5.62. The number of aryl methyl sites for hydroxylation is 2. The lowest BCUT2D eigenvalue weighted by atomic mass is 9.69. The number of rotatable bonds is 1. The van der Waals surface area contributed by atoms with Crippen LogP contribution in [0.1, 0.15) is 32.3 Å². The predicted octanol–water partition coefficient (Wildman–Crippen LogP) is 1.14. The van der Waals surface area contributed by atoms with Crippen molar-refractivity contribution in [2.24, 2.45) is 18.9 Å². The molecule has 2 amide bonds. The highest BCUT2D eigenvalue weighted by Gasteiger charge is 2.72. The summed E-state index contributed by atoms with van der Waals surface area (Å²) in [6, 6.07) is 1.46. The van der Waals surface area contributed by atoms with E-state index in [1.54, 1.807) is 20.2 Å².